The number of aliphatic carboxylic acids is 1. The van der Waals surface area contributed by atoms with Gasteiger partial charge in [0.05, 0.1) is 11.6 Å². The molecule has 0 bridgehead atoms. The molecule has 2 unspecified atom stereocenters. The Morgan fingerprint density at radius 2 is 2.00 bits per heavy atom. The third-order valence-electron chi connectivity index (χ3n) is 3.43. The second-order valence-corrected chi connectivity index (χ2v) is 4.92. The van der Waals surface area contributed by atoms with Gasteiger partial charge >= 0.3 is 12.0 Å². The van der Waals surface area contributed by atoms with Crippen molar-refractivity contribution < 1.29 is 14.7 Å². The van der Waals surface area contributed by atoms with Crippen LogP contribution in [0.3, 0.4) is 0 Å². The number of benzene rings is 1. The van der Waals surface area contributed by atoms with E-state index in [1.807, 2.05) is 18.2 Å². The number of nitrogens with one attached hydrogen (secondary N) is 2. The Kier molecular flexibility index (Phi) is 4.37. The summed E-state index contributed by atoms with van der Waals surface area (Å²) in [6.07, 6.45) is 3.37. The molecule has 6 nitrogen and oxygen atoms in total. The van der Waals surface area contributed by atoms with Crippen molar-refractivity contribution in [3.63, 3.8) is 0 Å². The Labute approximate surface area is 122 Å². The van der Waals surface area contributed by atoms with E-state index in [2.05, 4.69) is 15.6 Å². The lowest BCUT2D eigenvalue weighted by atomic mass is 10.0. The third kappa shape index (κ3) is 3.47. The number of hydrogen-bond acceptors (Lipinski definition) is 3. The van der Waals surface area contributed by atoms with Crippen LogP contribution in [0.15, 0.2) is 36.7 Å². The van der Waals surface area contributed by atoms with Gasteiger partial charge in [0.2, 0.25) is 0 Å². The van der Waals surface area contributed by atoms with Gasteiger partial charge in [0.1, 0.15) is 0 Å². The van der Waals surface area contributed by atoms with Gasteiger partial charge in [-0.2, -0.15) is 0 Å². The molecule has 21 heavy (non-hydrogen) atoms. The fourth-order valence-corrected chi connectivity index (χ4v) is 1.94. The van der Waals surface area contributed by atoms with Crippen LogP contribution in [-0.2, 0) is 4.79 Å². The number of anilines is 1. The monoisotopic (exact) mass is 287 g/mol. The summed E-state index contributed by atoms with van der Waals surface area (Å²) in [5, 5.41) is 16.1. The number of carboxylic acid groups (broad SMARTS) is 1. The zero-order valence-electron chi connectivity index (χ0n) is 11.8. The molecule has 0 saturated carbocycles. The number of aromatic nitrogens is 1. The van der Waals surface area contributed by atoms with Gasteiger partial charge in [-0.15, -0.1) is 0 Å². The second-order valence-electron chi connectivity index (χ2n) is 4.92. The molecule has 3 N–H and O–H groups in total. The summed E-state index contributed by atoms with van der Waals surface area (Å²) in [5.74, 6) is -1.61. The Balaban J connectivity index is 2.10. The maximum absolute atomic E-state index is 12.0. The minimum atomic E-state index is -0.945. The largest absolute Gasteiger partial charge is 0.481 e. The maximum Gasteiger partial charge on any atom is 0.319 e. The Morgan fingerprint density at radius 3 is 2.71 bits per heavy atom. The summed E-state index contributed by atoms with van der Waals surface area (Å²) < 4.78 is 0. The summed E-state index contributed by atoms with van der Waals surface area (Å²) in [7, 11) is 0. The van der Waals surface area contributed by atoms with Crippen molar-refractivity contribution in [2.75, 3.05) is 5.32 Å². The molecule has 1 aromatic heterocycles. The Bertz CT molecular complexity index is 667. The molecular weight excluding hydrogens is 270 g/mol. The summed E-state index contributed by atoms with van der Waals surface area (Å²) in [4.78, 5) is 26.9. The van der Waals surface area contributed by atoms with E-state index in [1.165, 1.54) is 0 Å². The van der Waals surface area contributed by atoms with E-state index in [1.54, 1.807) is 32.3 Å². The van der Waals surface area contributed by atoms with Gasteiger partial charge in [0, 0.05) is 29.2 Å². The molecule has 0 spiro atoms. The van der Waals surface area contributed by atoms with Gasteiger partial charge in [0.25, 0.3) is 0 Å². The Morgan fingerprint density at radius 1 is 1.24 bits per heavy atom. The van der Waals surface area contributed by atoms with E-state index in [9.17, 15) is 9.59 Å². The number of carbonyl (C=O) groups is 2. The first-order chi connectivity index (χ1) is 9.99. The number of carbonyl (C=O) groups excluding carboxylic acids is 1. The van der Waals surface area contributed by atoms with Crippen LogP contribution < -0.4 is 10.6 Å². The van der Waals surface area contributed by atoms with E-state index >= 15 is 0 Å². The first-order valence-electron chi connectivity index (χ1n) is 6.62. The first kappa shape index (κ1) is 14.8. The molecule has 2 aromatic rings. The van der Waals surface area contributed by atoms with E-state index in [0.29, 0.717) is 5.69 Å². The van der Waals surface area contributed by atoms with Crippen LogP contribution >= 0.6 is 0 Å². The van der Waals surface area contributed by atoms with Crippen LogP contribution in [0.25, 0.3) is 10.8 Å². The molecule has 0 aliphatic rings. The van der Waals surface area contributed by atoms with Crippen molar-refractivity contribution in [2.24, 2.45) is 5.92 Å². The van der Waals surface area contributed by atoms with Gasteiger partial charge < -0.3 is 15.7 Å². The van der Waals surface area contributed by atoms with Crippen molar-refractivity contribution >= 4 is 28.5 Å². The third-order valence-corrected chi connectivity index (χ3v) is 3.43. The lowest BCUT2D eigenvalue weighted by molar-refractivity contribution is -0.141. The van der Waals surface area contributed by atoms with Crippen molar-refractivity contribution in [2.45, 2.75) is 19.9 Å². The average Bonchev–Trinajstić information content (AvgIpc) is 2.46. The zero-order valence-corrected chi connectivity index (χ0v) is 11.8. The molecule has 2 amide bonds. The molecule has 0 aliphatic heterocycles. The number of pyridine rings is 1. The SMILES string of the molecule is CC(NC(=O)Nc1cccc2cnccc12)C(C)C(=O)O. The van der Waals surface area contributed by atoms with Crippen molar-refractivity contribution in [3.05, 3.63) is 36.7 Å². The van der Waals surface area contributed by atoms with Crippen LogP contribution in [-0.4, -0.2) is 28.1 Å². The van der Waals surface area contributed by atoms with E-state index < -0.39 is 24.0 Å². The molecule has 1 aromatic carbocycles. The highest BCUT2D eigenvalue weighted by Crippen LogP contribution is 2.22. The van der Waals surface area contributed by atoms with Gasteiger partial charge in [-0.1, -0.05) is 12.1 Å². The summed E-state index contributed by atoms with van der Waals surface area (Å²) >= 11 is 0. The van der Waals surface area contributed by atoms with Crippen molar-refractivity contribution in [1.82, 2.24) is 10.3 Å². The van der Waals surface area contributed by atoms with Crippen molar-refractivity contribution in [1.29, 1.82) is 0 Å². The first-order valence-corrected chi connectivity index (χ1v) is 6.62. The molecule has 0 radical (unpaired) electrons. The summed E-state index contributed by atoms with van der Waals surface area (Å²) in [6, 6.07) is 6.42. The number of rotatable bonds is 4. The molecule has 0 saturated heterocycles. The molecule has 110 valence electrons. The molecular formula is C15H17N3O3. The highest BCUT2D eigenvalue weighted by Gasteiger charge is 2.21. The smallest absolute Gasteiger partial charge is 0.319 e. The van der Waals surface area contributed by atoms with Gasteiger partial charge in [0.15, 0.2) is 0 Å². The molecule has 0 fully saturated rings. The summed E-state index contributed by atoms with van der Waals surface area (Å²) in [6.45, 7) is 3.21. The fraction of sp³-hybridized carbons (Fsp3) is 0.267. The number of fused-ring (bicyclic) bond motifs is 1. The highest BCUT2D eigenvalue weighted by atomic mass is 16.4. The maximum atomic E-state index is 12.0. The minimum absolute atomic E-state index is 0.431. The predicted molar refractivity (Wildman–Crippen MR) is 80.2 cm³/mol. The number of carboxylic acids is 1. The molecule has 6 heteroatoms. The van der Waals surface area contributed by atoms with E-state index in [-0.39, 0.29) is 0 Å². The molecule has 1 heterocycles. The van der Waals surface area contributed by atoms with Gasteiger partial charge in [-0.05, 0) is 26.0 Å². The molecule has 2 rings (SSSR count). The number of hydrogen-bond donors (Lipinski definition) is 3. The van der Waals surface area contributed by atoms with Crippen molar-refractivity contribution in [3.8, 4) is 0 Å². The Hall–Kier alpha value is -2.63. The van der Waals surface area contributed by atoms with E-state index in [0.717, 1.165) is 10.8 Å². The summed E-state index contributed by atoms with van der Waals surface area (Å²) in [5.41, 5.74) is 0.655. The van der Waals surface area contributed by atoms with Crippen LogP contribution in [0, 0.1) is 5.92 Å². The lowest BCUT2D eigenvalue weighted by Crippen LogP contribution is -2.42. The average molecular weight is 287 g/mol. The molecule has 2 atom stereocenters. The van der Waals surface area contributed by atoms with Gasteiger partial charge in [-0.25, -0.2) is 4.79 Å². The quantitative estimate of drug-likeness (QED) is 0.805. The van der Waals surface area contributed by atoms with Gasteiger partial charge in [-0.3, -0.25) is 9.78 Å². The fourth-order valence-electron chi connectivity index (χ4n) is 1.94. The number of urea groups is 1. The van der Waals surface area contributed by atoms with Crippen LogP contribution in [0.2, 0.25) is 0 Å². The second kappa shape index (κ2) is 6.21. The minimum Gasteiger partial charge on any atom is -0.481 e. The lowest BCUT2D eigenvalue weighted by Gasteiger charge is -2.18. The van der Waals surface area contributed by atoms with Crippen LogP contribution in [0.4, 0.5) is 10.5 Å². The normalized spacial score (nSPS) is 13.4. The number of nitrogens with zero attached hydrogens (tertiary/aromatic N) is 1. The standard InChI is InChI=1S/C15H17N3O3/c1-9(14(19)20)10(2)17-15(21)18-13-5-3-4-11-8-16-7-6-12(11)13/h3-10H,1-2H3,(H,19,20)(H2,17,18,21). The van der Waals surface area contributed by atoms with Crippen LogP contribution in [0.1, 0.15) is 13.8 Å². The highest BCUT2D eigenvalue weighted by molar-refractivity contribution is 6.01. The molecule has 0 aliphatic carbocycles. The van der Waals surface area contributed by atoms with E-state index in [4.69, 9.17) is 5.11 Å². The predicted octanol–water partition coefficient (Wildman–Crippen LogP) is 2.47. The topological polar surface area (TPSA) is 91.3 Å². The zero-order chi connectivity index (χ0) is 15.4. The number of amides is 2. The van der Waals surface area contributed by atoms with Crippen LogP contribution in [0.5, 0.6) is 0 Å².